The van der Waals surface area contributed by atoms with Gasteiger partial charge >= 0.3 is 0 Å². The van der Waals surface area contributed by atoms with Crippen LogP contribution in [0, 0.1) is 19.8 Å². The van der Waals surface area contributed by atoms with Crippen molar-refractivity contribution in [3.05, 3.63) is 58.7 Å². The van der Waals surface area contributed by atoms with E-state index in [1.807, 2.05) is 12.4 Å². The molecule has 0 aromatic carbocycles. The smallest absolute Gasteiger partial charge is 0.0409 e. The van der Waals surface area contributed by atoms with Crippen molar-refractivity contribution in [2.45, 2.75) is 66.2 Å². The third-order valence-electron chi connectivity index (χ3n) is 4.87. The molecule has 2 atom stereocenters. The Labute approximate surface area is 141 Å². The van der Waals surface area contributed by atoms with E-state index in [1.54, 1.807) is 0 Å². The largest absolute Gasteiger partial charge is 0.264 e. The summed E-state index contributed by atoms with van der Waals surface area (Å²) >= 11 is 0. The van der Waals surface area contributed by atoms with Crippen LogP contribution in [0.2, 0.25) is 0 Å². The standard InChI is InChI=1S/C21H30N2/c1-6-7-19-12-17(4)23-20(13-19)9-8-15(2)18(5)21-10-11-22-14-16(21)3/h10-15,18H,6-9H2,1-5H3. The van der Waals surface area contributed by atoms with Gasteiger partial charge in [-0.15, -0.1) is 0 Å². The molecule has 2 aromatic heterocycles. The van der Waals surface area contributed by atoms with Gasteiger partial charge in [0, 0.05) is 23.8 Å². The first kappa shape index (κ1) is 17.7. The van der Waals surface area contributed by atoms with Gasteiger partial charge in [0.05, 0.1) is 0 Å². The quantitative estimate of drug-likeness (QED) is 0.682. The Morgan fingerprint density at radius 2 is 1.87 bits per heavy atom. The molecule has 2 rings (SSSR count). The van der Waals surface area contributed by atoms with Crippen LogP contribution in [-0.4, -0.2) is 9.97 Å². The molecule has 2 unspecified atom stereocenters. The molecule has 0 aliphatic rings. The maximum absolute atomic E-state index is 4.73. The Hall–Kier alpha value is -1.70. The van der Waals surface area contributed by atoms with E-state index in [2.05, 4.69) is 57.8 Å². The molecule has 0 radical (unpaired) electrons. The topological polar surface area (TPSA) is 25.8 Å². The fourth-order valence-corrected chi connectivity index (χ4v) is 3.30. The molecule has 0 fully saturated rings. The van der Waals surface area contributed by atoms with Crippen LogP contribution in [0.25, 0.3) is 0 Å². The van der Waals surface area contributed by atoms with Gasteiger partial charge in [-0.3, -0.25) is 9.97 Å². The minimum absolute atomic E-state index is 0.554. The molecule has 2 heterocycles. The van der Waals surface area contributed by atoms with E-state index >= 15 is 0 Å². The predicted molar refractivity (Wildman–Crippen MR) is 97.8 cm³/mol. The molecule has 23 heavy (non-hydrogen) atoms. The van der Waals surface area contributed by atoms with E-state index < -0.39 is 0 Å². The highest BCUT2D eigenvalue weighted by Crippen LogP contribution is 2.29. The highest BCUT2D eigenvalue weighted by atomic mass is 14.7. The van der Waals surface area contributed by atoms with Gasteiger partial charge in [0.1, 0.15) is 0 Å². The second-order valence-corrected chi connectivity index (χ2v) is 6.90. The van der Waals surface area contributed by atoms with Crippen LogP contribution in [0.5, 0.6) is 0 Å². The third-order valence-corrected chi connectivity index (χ3v) is 4.87. The highest BCUT2D eigenvalue weighted by Gasteiger charge is 2.16. The monoisotopic (exact) mass is 310 g/mol. The van der Waals surface area contributed by atoms with Gasteiger partial charge in [-0.25, -0.2) is 0 Å². The first-order valence-corrected chi connectivity index (χ1v) is 8.88. The van der Waals surface area contributed by atoms with Gasteiger partial charge in [-0.1, -0.05) is 27.2 Å². The molecule has 0 aliphatic carbocycles. The molecule has 2 aromatic rings. The van der Waals surface area contributed by atoms with Crippen LogP contribution < -0.4 is 0 Å². The zero-order valence-electron chi connectivity index (χ0n) is 15.3. The van der Waals surface area contributed by atoms with Crippen LogP contribution in [0.15, 0.2) is 30.6 Å². The summed E-state index contributed by atoms with van der Waals surface area (Å²) in [5, 5.41) is 0. The number of pyridine rings is 2. The fourth-order valence-electron chi connectivity index (χ4n) is 3.30. The summed E-state index contributed by atoms with van der Waals surface area (Å²) in [5.74, 6) is 1.19. The van der Waals surface area contributed by atoms with Crippen molar-refractivity contribution >= 4 is 0 Å². The van der Waals surface area contributed by atoms with Crippen LogP contribution in [0.4, 0.5) is 0 Å². The Morgan fingerprint density at radius 1 is 1.09 bits per heavy atom. The van der Waals surface area contributed by atoms with Crippen molar-refractivity contribution in [3.63, 3.8) is 0 Å². The van der Waals surface area contributed by atoms with Crippen molar-refractivity contribution in [2.75, 3.05) is 0 Å². The SMILES string of the molecule is CCCc1cc(C)nc(CCC(C)C(C)c2ccncc2C)c1. The summed E-state index contributed by atoms with van der Waals surface area (Å²) in [6, 6.07) is 6.69. The number of hydrogen-bond donors (Lipinski definition) is 0. The number of rotatable bonds is 7. The Bertz CT molecular complexity index is 633. The lowest BCUT2D eigenvalue weighted by Crippen LogP contribution is -2.10. The zero-order chi connectivity index (χ0) is 16.8. The molecular weight excluding hydrogens is 280 g/mol. The van der Waals surface area contributed by atoms with Crippen LogP contribution in [0.1, 0.15) is 67.6 Å². The molecule has 0 bridgehead atoms. The average molecular weight is 310 g/mol. The molecule has 0 spiro atoms. The molecular formula is C21H30N2. The number of hydrogen-bond acceptors (Lipinski definition) is 2. The minimum atomic E-state index is 0.554. The number of aryl methyl sites for hydroxylation is 4. The van der Waals surface area contributed by atoms with Gasteiger partial charge < -0.3 is 0 Å². The van der Waals surface area contributed by atoms with Gasteiger partial charge in [0.25, 0.3) is 0 Å². The molecule has 2 heteroatoms. The molecule has 0 saturated heterocycles. The number of nitrogens with zero attached hydrogens (tertiary/aromatic N) is 2. The van der Waals surface area contributed by atoms with E-state index in [-0.39, 0.29) is 0 Å². The Kier molecular flexibility index (Phi) is 6.32. The lowest BCUT2D eigenvalue weighted by atomic mass is 9.84. The Balaban J connectivity index is 2.01. The fraction of sp³-hybridized carbons (Fsp3) is 0.524. The van der Waals surface area contributed by atoms with E-state index in [0.717, 1.165) is 18.5 Å². The highest BCUT2D eigenvalue weighted by molar-refractivity contribution is 5.26. The molecule has 0 saturated carbocycles. The first-order chi connectivity index (χ1) is 11.0. The summed E-state index contributed by atoms with van der Waals surface area (Å²) in [6.45, 7) is 11.2. The maximum atomic E-state index is 4.73. The van der Waals surface area contributed by atoms with E-state index in [4.69, 9.17) is 4.98 Å². The van der Waals surface area contributed by atoms with Crippen molar-refractivity contribution in [1.29, 1.82) is 0 Å². The van der Waals surface area contributed by atoms with E-state index in [9.17, 15) is 0 Å². The van der Waals surface area contributed by atoms with E-state index in [0.29, 0.717) is 11.8 Å². The van der Waals surface area contributed by atoms with Gasteiger partial charge in [0.15, 0.2) is 0 Å². The second kappa shape index (κ2) is 8.24. The van der Waals surface area contributed by atoms with Crippen LogP contribution in [-0.2, 0) is 12.8 Å². The summed E-state index contributed by atoms with van der Waals surface area (Å²) in [7, 11) is 0. The third kappa shape index (κ3) is 4.89. The molecule has 2 nitrogen and oxygen atoms in total. The van der Waals surface area contributed by atoms with Crippen LogP contribution >= 0.6 is 0 Å². The van der Waals surface area contributed by atoms with Crippen molar-refractivity contribution in [2.24, 2.45) is 5.92 Å². The maximum Gasteiger partial charge on any atom is 0.0409 e. The molecule has 0 amide bonds. The van der Waals surface area contributed by atoms with Crippen molar-refractivity contribution < 1.29 is 0 Å². The van der Waals surface area contributed by atoms with Crippen molar-refractivity contribution in [3.8, 4) is 0 Å². The summed E-state index contributed by atoms with van der Waals surface area (Å²) < 4.78 is 0. The molecule has 0 N–H and O–H groups in total. The summed E-state index contributed by atoms with van der Waals surface area (Å²) in [6.07, 6.45) is 8.46. The Morgan fingerprint density at radius 3 is 2.57 bits per heavy atom. The lowest BCUT2D eigenvalue weighted by molar-refractivity contribution is 0.449. The summed E-state index contributed by atoms with van der Waals surface area (Å²) in [4.78, 5) is 8.93. The van der Waals surface area contributed by atoms with Crippen LogP contribution in [0.3, 0.4) is 0 Å². The summed E-state index contributed by atoms with van der Waals surface area (Å²) in [5.41, 5.74) is 6.55. The first-order valence-electron chi connectivity index (χ1n) is 8.88. The second-order valence-electron chi connectivity index (χ2n) is 6.90. The molecule has 0 aliphatic heterocycles. The predicted octanol–water partition coefficient (Wildman–Crippen LogP) is 5.42. The number of aromatic nitrogens is 2. The van der Waals surface area contributed by atoms with Crippen molar-refractivity contribution in [1.82, 2.24) is 9.97 Å². The van der Waals surface area contributed by atoms with Gasteiger partial charge in [0.2, 0.25) is 0 Å². The van der Waals surface area contributed by atoms with Gasteiger partial charge in [-0.05, 0) is 79.8 Å². The van der Waals surface area contributed by atoms with E-state index in [1.165, 1.54) is 35.2 Å². The zero-order valence-corrected chi connectivity index (χ0v) is 15.3. The molecule has 124 valence electrons. The lowest BCUT2D eigenvalue weighted by Gasteiger charge is -2.22. The van der Waals surface area contributed by atoms with Gasteiger partial charge in [-0.2, -0.15) is 0 Å². The normalized spacial score (nSPS) is 13.8. The minimum Gasteiger partial charge on any atom is -0.264 e. The average Bonchev–Trinajstić information content (AvgIpc) is 2.52.